The van der Waals surface area contributed by atoms with E-state index < -0.39 is 22.0 Å². The van der Waals surface area contributed by atoms with Crippen LogP contribution in [0.5, 0.6) is 11.5 Å². The summed E-state index contributed by atoms with van der Waals surface area (Å²) in [6.07, 6.45) is 4.07. The molecular weight excluding hydrogens is 572 g/mol. The van der Waals surface area contributed by atoms with Crippen LogP contribution in [0.15, 0.2) is 59.6 Å². The highest BCUT2D eigenvalue weighted by Gasteiger charge is 2.72. The molecule has 1 saturated carbocycles. The number of likely N-dealkylation sites (tertiary alicyclic amines) is 1. The number of aliphatic imine (C=N–C) groups is 1. The highest BCUT2D eigenvalue weighted by Crippen LogP contribution is 2.69. The summed E-state index contributed by atoms with van der Waals surface area (Å²) in [5.41, 5.74) is 11.3. The summed E-state index contributed by atoms with van der Waals surface area (Å²) in [6.45, 7) is 2.20. The second-order valence-electron chi connectivity index (χ2n) is 13.5. The number of rotatable bonds is 6. The number of phenolic OH excluding ortho intramolecular Hbond substituents is 1. The quantitative estimate of drug-likeness (QED) is 0.0933. The summed E-state index contributed by atoms with van der Waals surface area (Å²) < 4.78 is 6.70. The van der Waals surface area contributed by atoms with Crippen molar-refractivity contribution in [1.29, 1.82) is 0 Å². The molecule has 3 heterocycles. The number of hydrogen-bond donors (Lipinski definition) is 5. The third-order valence-corrected chi connectivity index (χ3v) is 11.0. The molecule has 1 saturated heterocycles. The zero-order valence-electron chi connectivity index (χ0n) is 24.6. The predicted molar refractivity (Wildman–Crippen MR) is 169 cm³/mol. The number of guanidine groups is 1. The fourth-order valence-corrected chi connectivity index (χ4v) is 8.79. The van der Waals surface area contributed by atoms with Crippen LogP contribution in [-0.2, 0) is 24.8 Å². The Morgan fingerprint density at radius 2 is 2.02 bits per heavy atom. The SMILES string of the molecule is NC(=NCc1ccc([N+](=O)[O-])cc1)Nc1ccc2[nH]c3c(c2c1)C[C@@]1(O)[C@H]2Cc4ccc(O)c5c4[C@@]1(CCN2CC1CC1)[C@H]3O5. The molecule has 6 N–H and O–H groups in total. The van der Waals surface area contributed by atoms with E-state index in [1.54, 1.807) is 18.2 Å². The topological polar surface area (TPSA) is 162 Å². The molecule has 9 rings (SSSR count). The molecule has 11 heteroatoms. The number of hydrogen-bond acceptors (Lipinski definition) is 7. The van der Waals surface area contributed by atoms with E-state index in [1.165, 1.54) is 30.5 Å². The van der Waals surface area contributed by atoms with Gasteiger partial charge in [-0.1, -0.05) is 18.2 Å². The zero-order chi connectivity index (χ0) is 30.7. The number of anilines is 1. The van der Waals surface area contributed by atoms with Gasteiger partial charge in [-0.05, 0) is 79.1 Å². The average Bonchev–Trinajstić information content (AvgIpc) is 3.67. The van der Waals surface area contributed by atoms with Crippen LogP contribution in [0, 0.1) is 16.0 Å². The normalized spacial score (nSPS) is 28.0. The standard InChI is InChI=1S/C34H34N6O5/c35-32(36-16-18-3-7-22(8-4-18)40(43)44)37-21-6-9-25-23(14-21)24-15-34(42)27-13-20-5-10-26(41)30-28(20)33(34,31(45-30)29(24)38-25)11-12-39(27)17-19-1-2-19/h3-10,14,19,27,31,38,41-42H,1-2,11-13,15-17H2,(H3,35,36,37)/t27-,31+,33+,34-/m1/s1. The number of aromatic nitrogens is 1. The van der Waals surface area contributed by atoms with Gasteiger partial charge in [0, 0.05) is 53.3 Å². The number of aromatic amines is 1. The largest absolute Gasteiger partial charge is 0.504 e. The lowest BCUT2D eigenvalue weighted by molar-refractivity contribution is -0.384. The van der Waals surface area contributed by atoms with Crippen LogP contribution in [0.4, 0.5) is 11.4 Å². The fourth-order valence-electron chi connectivity index (χ4n) is 8.79. The van der Waals surface area contributed by atoms with Gasteiger partial charge in [-0.15, -0.1) is 0 Å². The Morgan fingerprint density at radius 1 is 1.20 bits per heavy atom. The van der Waals surface area contributed by atoms with Crippen LogP contribution in [0.25, 0.3) is 10.9 Å². The summed E-state index contributed by atoms with van der Waals surface area (Å²) in [7, 11) is 0. The van der Waals surface area contributed by atoms with Gasteiger partial charge in [-0.2, -0.15) is 0 Å². The third-order valence-electron chi connectivity index (χ3n) is 11.0. The lowest BCUT2D eigenvalue weighted by Gasteiger charge is -2.62. The number of nitro groups is 1. The number of ether oxygens (including phenoxy) is 1. The maximum atomic E-state index is 13.1. The number of nitrogens with one attached hydrogen (secondary N) is 2. The number of aromatic hydroxyl groups is 1. The Bertz CT molecular complexity index is 1930. The van der Waals surface area contributed by atoms with Gasteiger partial charge in [0.25, 0.3) is 5.69 Å². The van der Waals surface area contributed by atoms with Gasteiger partial charge in [0.1, 0.15) is 0 Å². The first-order valence-corrected chi connectivity index (χ1v) is 15.7. The van der Waals surface area contributed by atoms with Crippen LogP contribution in [0.2, 0.25) is 0 Å². The first-order valence-electron chi connectivity index (χ1n) is 15.7. The Morgan fingerprint density at radius 3 is 2.80 bits per heavy atom. The average molecular weight is 607 g/mol. The number of non-ortho nitro benzene ring substituents is 1. The molecular formula is C34H34N6O5. The van der Waals surface area contributed by atoms with Crippen molar-refractivity contribution in [2.75, 3.05) is 18.4 Å². The molecule has 0 unspecified atom stereocenters. The molecule has 0 amide bonds. The van der Waals surface area contributed by atoms with E-state index in [9.17, 15) is 20.3 Å². The van der Waals surface area contributed by atoms with Crippen molar-refractivity contribution >= 4 is 28.2 Å². The second-order valence-corrected chi connectivity index (χ2v) is 13.5. The number of H-pyrrole nitrogens is 1. The number of nitrogens with two attached hydrogens (primary N) is 1. The van der Waals surface area contributed by atoms with Crippen molar-refractivity contribution in [1.82, 2.24) is 9.88 Å². The van der Waals surface area contributed by atoms with Crippen molar-refractivity contribution in [2.24, 2.45) is 16.6 Å². The lowest BCUT2D eigenvalue weighted by Crippen LogP contribution is -2.74. The molecule has 5 aliphatic rings. The van der Waals surface area contributed by atoms with E-state index in [1.807, 2.05) is 24.3 Å². The number of phenols is 1. The Balaban J connectivity index is 1.08. The Labute approximate surface area is 258 Å². The summed E-state index contributed by atoms with van der Waals surface area (Å²) in [6, 6.07) is 15.9. The van der Waals surface area contributed by atoms with Gasteiger partial charge in [-0.25, -0.2) is 4.99 Å². The third kappa shape index (κ3) is 3.74. The van der Waals surface area contributed by atoms with Crippen molar-refractivity contribution in [3.05, 3.63) is 92.7 Å². The number of piperidine rings is 1. The van der Waals surface area contributed by atoms with E-state index in [4.69, 9.17) is 10.5 Å². The van der Waals surface area contributed by atoms with Crippen LogP contribution < -0.4 is 15.8 Å². The van der Waals surface area contributed by atoms with Gasteiger partial charge in [-0.3, -0.25) is 15.0 Å². The van der Waals surface area contributed by atoms with E-state index in [0.29, 0.717) is 18.1 Å². The van der Waals surface area contributed by atoms with E-state index in [-0.39, 0.29) is 30.0 Å². The molecule has 3 aromatic carbocycles. The Kier molecular flexibility index (Phi) is 5.48. The van der Waals surface area contributed by atoms with Crippen molar-refractivity contribution in [2.45, 2.75) is 61.8 Å². The predicted octanol–water partition coefficient (Wildman–Crippen LogP) is 4.41. The van der Waals surface area contributed by atoms with Crippen LogP contribution >= 0.6 is 0 Å². The van der Waals surface area contributed by atoms with Gasteiger partial charge in [0.2, 0.25) is 0 Å². The number of nitro benzene ring substituents is 1. The van der Waals surface area contributed by atoms with Gasteiger partial charge < -0.3 is 31.0 Å². The second kappa shape index (κ2) is 9.21. The van der Waals surface area contributed by atoms with Crippen LogP contribution in [0.1, 0.15) is 53.3 Å². The molecule has 4 aromatic rings. The molecule has 1 spiro atoms. The molecule has 2 fully saturated rings. The molecule has 0 radical (unpaired) electrons. The first-order chi connectivity index (χ1) is 21.7. The van der Waals surface area contributed by atoms with Gasteiger partial charge in [0.05, 0.1) is 28.2 Å². The minimum Gasteiger partial charge on any atom is -0.504 e. The molecule has 2 bridgehead atoms. The molecule has 11 nitrogen and oxygen atoms in total. The number of benzene rings is 3. The first kappa shape index (κ1) is 26.8. The highest BCUT2D eigenvalue weighted by atomic mass is 16.6. The Hall–Kier alpha value is -4.61. The lowest BCUT2D eigenvalue weighted by atomic mass is 9.49. The van der Waals surface area contributed by atoms with Crippen LogP contribution in [0.3, 0.4) is 0 Å². The van der Waals surface area contributed by atoms with E-state index >= 15 is 0 Å². The molecule has 1 aromatic heterocycles. The highest BCUT2D eigenvalue weighted by molar-refractivity contribution is 5.96. The van der Waals surface area contributed by atoms with E-state index in [2.05, 4.69) is 20.2 Å². The summed E-state index contributed by atoms with van der Waals surface area (Å²) in [5.74, 6) is 1.59. The smallest absolute Gasteiger partial charge is 0.269 e. The van der Waals surface area contributed by atoms with Crippen LogP contribution in [-0.4, -0.2) is 55.7 Å². The van der Waals surface area contributed by atoms with Crippen molar-refractivity contribution < 1.29 is 19.9 Å². The summed E-state index contributed by atoms with van der Waals surface area (Å²) in [4.78, 5) is 21.1. The molecule has 4 atom stereocenters. The summed E-state index contributed by atoms with van der Waals surface area (Å²) >= 11 is 0. The maximum absolute atomic E-state index is 13.1. The maximum Gasteiger partial charge on any atom is 0.269 e. The van der Waals surface area contributed by atoms with Crippen molar-refractivity contribution in [3.63, 3.8) is 0 Å². The molecule has 2 aliphatic heterocycles. The van der Waals surface area contributed by atoms with E-state index in [0.717, 1.165) is 64.9 Å². The minimum atomic E-state index is -1.06. The van der Waals surface area contributed by atoms with Gasteiger partial charge in [0.15, 0.2) is 23.6 Å². The number of nitrogens with zero attached hydrogens (tertiary/aromatic N) is 3. The monoisotopic (exact) mass is 606 g/mol. The molecule has 3 aliphatic carbocycles. The zero-order valence-corrected chi connectivity index (χ0v) is 24.6. The molecule has 45 heavy (non-hydrogen) atoms. The fraction of sp³-hybridized carbons (Fsp3) is 0.382. The number of fused-ring (bicyclic) bond motifs is 4. The summed E-state index contributed by atoms with van der Waals surface area (Å²) in [5, 5.41) is 39.1. The minimum absolute atomic E-state index is 0.0316. The van der Waals surface area contributed by atoms with Crippen molar-refractivity contribution in [3.8, 4) is 11.5 Å². The molecule has 230 valence electrons. The van der Waals surface area contributed by atoms with Gasteiger partial charge >= 0.3 is 0 Å². The number of aliphatic hydroxyl groups is 1.